The molecule has 0 spiro atoms. The third kappa shape index (κ3) is 3.83. The Morgan fingerprint density at radius 1 is 0.459 bits per heavy atom. The summed E-state index contributed by atoms with van der Waals surface area (Å²) in [5, 5.41) is 0. The molecule has 0 amide bonds. The van der Waals surface area contributed by atoms with Gasteiger partial charge in [-0.3, -0.25) is 0 Å². The first-order valence-electron chi connectivity index (χ1n) is 12.0. The lowest BCUT2D eigenvalue weighted by Gasteiger charge is -2.09. The molecule has 7 nitrogen and oxygen atoms in total. The van der Waals surface area contributed by atoms with E-state index in [0.29, 0.717) is 28.9 Å². The largest absolute Gasteiger partial charge is 0.236 e. The van der Waals surface area contributed by atoms with Crippen LogP contribution in [0.5, 0.6) is 0 Å². The van der Waals surface area contributed by atoms with Crippen LogP contribution in [0.1, 0.15) is 11.1 Å². The smallest absolute Gasteiger partial charge is 0.178 e. The van der Waals surface area contributed by atoms with Crippen LogP contribution in [0.15, 0.2) is 104 Å². The van der Waals surface area contributed by atoms with Crippen molar-refractivity contribution in [2.24, 2.45) is 0 Å². The highest BCUT2D eigenvalue weighted by molar-refractivity contribution is 5.78. The van der Waals surface area contributed by atoms with Crippen LogP contribution in [-0.4, -0.2) is 34.9 Å². The molecule has 0 unspecified atom stereocenters. The number of hydrogen-bond acceptors (Lipinski definition) is 7. The van der Waals surface area contributed by atoms with Crippen molar-refractivity contribution in [3.63, 3.8) is 0 Å². The van der Waals surface area contributed by atoms with Crippen molar-refractivity contribution in [1.82, 2.24) is 34.9 Å². The molecule has 1 aliphatic rings. The Morgan fingerprint density at radius 2 is 1.00 bits per heavy atom. The van der Waals surface area contributed by atoms with E-state index in [0.717, 1.165) is 40.1 Å². The first kappa shape index (κ1) is 21.1. The third-order valence-corrected chi connectivity index (χ3v) is 6.41. The predicted molar refractivity (Wildman–Crippen MR) is 141 cm³/mol. The second kappa shape index (κ2) is 8.80. The summed E-state index contributed by atoms with van der Waals surface area (Å²) in [5.41, 5.74) is 7.66. The molecule has 3 aromatic carbocycles. The molecule has 174 valence electrons. The Balaban J connectivity index is 1.30. The molecule has 0 aliphatic heterocycles. The van der Waals surface area contributed by atoms with Gasteiger partial charge in [0, 0.05) is 41.1 Å². The van der Waals surface area contributed by atoms with E-state index in [9.17, 15) is 0 Å². The summed E-state index contributed by atoms with van der Waals surface area (Å²) < 4.78 is 0. The van der Waals surface area contributed by atoms with Gasteiger partial charge in [-0.1, -0.05) is 84.9 Å². The zero-order chi connectivity index (χ0) is 24.6. The third-order valence-electron chi connectivity index (χ3n) is 6.41. The highest BCUT2D eigenvalue weighted by Crippen LogP contribution is 2.38. The minimum Gasteiger partial charge on any atom is -0.236 e. The van der Waals surface area contributed by atoms with E-state index < -0.39 is 0 Å². The number of rotatable bonds is 4. The average molecular weight is 478 g/mol. The summed E-state index contributed by atoms with van der Waals surface area (Å²) >= 11 is 0. The van der Waals surface area contributed by atoms with Crippen molar-refractivity contribution in [3.8, 4) is 56.9 Å². The fourth-order valence-electron chi connectivity index (χ4n) is 4.60. The van der Waals surface area contributed by atoms with Gasteiger partial charge >= 0.3 is 0 Å². The molecular weight excluding hydrogens is 458 g/mol. The van der Waals surface area contributed by atoms with Crippen molar-refractivity contribution in [2.75, 3.05) is 0 Å². The lowest BCUT2D eigenvalue weighted by molar-refractivity contribution is 1.05. The zero-order valence-corrected chi connectivity index (χ0v) is 19.7. The molecule has 0 bridgehead atoms. The van der Waals surface area contributed by atoms with Crippen molar-refractivity contribution >= 4 is 0 Å². The van der Waals surface area contributed by atoms with E-state index in [4.69, 9.17) is 15.0 Å². The number of nitrogens with zero attached hydrogens (tertiary/aromatic N) is 7. The number of fused-ring (bicyclic) bond motifs is 3. The maximum Gasteiger partial charge on any atom is 0.178 e. The van der Waals surface area contributed by atoms with Crippen molar-refractivity contribution in [3.05, 3.63) is 115 Å². The van der Waals surface area contributed by atoms with Gasteiger partial charge in [0.05, 0.1) is 11.3 Å². The van der Waals surface area contributed by atoms with E-state index in [1.54, 1.807) is 18.7 Å². The van der Waals surface area contributed by atoms with Gasteiger partial charge in [-0.05, 0) is 5.56 Å². The van der Waals surface area contributed by atoms with Crippen LogP contribution in [-0.2, 0) is 6.42 Å². The van der Waals surface area contributed by atoms with Crippen LogP contribution < -0.4 is 0 Å². The molecule has 1 aliphatic carbocycles. The van der Waals surface area contributed by atoms with Crippen LogP contribution in [0, 0.1) is 0 Å². The quantitative estimate of drug-likeness (QED) is 0.322. The molecule has 3 aromatic heterocycles. The summed E-state index contributed by atoms with van der Waals surface area (Å²) in [5.74, 6) is 2.26. The first-order valence-corrected chi connectivity index (χ1v) is 12.0. The number of hydrogen-bond donors (Lipinski definition) is 0. The van der Waals surface area contributed by atoms with Gasteiger partial charge in [0.1, 0.15) is 12.0 Å². The zero-order valence-electron chi connectivity index (χ0n) is 19.7. The average Bonchev–Trinajstić information content (AvgIpc) is 3.37. The maximum atomic E-state index is 4.76. The number of aromatic nitrogens is 7. The standard InChI is InChI=1S/C30H19N7/c1-3-9-19(10-4-1)27-35-28(20-11-5-2-6-12-20)37-29(36-27)22-16-31-30(32-17-22)26-24-15-21-13-7-8-14-23(21)25(24)33-18-34-26/h1-14,16-18H,15H2. The van der Waals surface area contributed by atoms with Gasteiger partial charge < -0.3 is 0 Å². The molecule has 0 saturated heterocycles. The highest BCUT2D eigenvalue weighted by Gasteiger charge is 2.24. The van der Waals surface area contributed by atoms with Gasteiger partial charge in [0.2, 0.25) is 0 Å². The molecule has 3 heterocycles. The Hall–Kier alpha value is -5.17. The normalized spacial score (nSPS) is 11.7. The van der Waals surface area contributed by atoms with E-state index in [2.05, 4.69) is 32.1 Å². The second-order valence-electron chi connectivity index (χ2n) is 8.72. The molecule has 0 fully saturated rings. The van der Waals surface area contributed by atoms with E-state index in [1.807, 2.05) is 72.8 Å². The molecule has 6 aromatic rings. The van der Waals surface area contributed by atoms with Crippen LogP contribution in [0.2, 0.25) is 0 Å². The molecule has 37 heavy (non-hydrogen) atoms. The van der Waals surface area contributed by atoms with Gasteiger partial charge in [-0.25, -0.2) is 34.9 Å². The van der Waals surface area contributed by atoms with Crippen molar-refractivity contribution in [2.45, 2.75) is 6.42 Å². The SMILES string of the molecule is c1ccc(-c2nc(-c3ccccc3)nc(-c3cnc(-c4ncnc5c4Cc4ccccc4-5)nc3)n2)cc1. The lowest BCUT2D eigenvalue weighted by Crippen LogP contribution is -2.02. The lowest BCUT2D eigenvalue weighted by atomic mass is 10.1. The summed E-state index contributed by atoms with van der Waals surface area (Å²) in [6, 6.07) is 28.1. The Kier molecular flexibility index (Phi) is 5.03. The Morgan fingerprint density at radius 3 is 1.65 bits per heavy atom. The highest BCUT2D eigenvalue weighted by atomic mass is 15.0. The molecule has 0 N–H and O–H groups in total. The van der Waals surface area contributed by atoms with Gasteiger partial charge in [0.15, 0.2) is 23.3 Å². The fourth-order valence-corrected chi connectivity index (χ4v) is 4.60. The van der Waals surface area contributed by atoms with E-state index in [1.165, 1.54) is 5.56 Å². The van der Waals surface area contributed by atoms with Gasteiger partial charge in [0.25, 0.3) is 0 Å². The van der Waals surface area contributed by atoms with Crippen molar-refractivity contribution in [1.29, 1.82) is 0 Å². The minimum atomic E-state index is 0.513. The molecule has 7 rings (SSSR count). The van der Waals surface area contributed by atoms with Gasteiger partial charge in [-0.15, -0.1) is 0 Å². The second-order valence-corrected chi connectivity index (χ2v) is 8.72. The summed E-state index contributed by atoms with van der Waals surface area (Å²) in [4.78, 5) is 32.7. The van der Waals surface area contributed by atoms with E-state index >= 15 is 0 Å². The summed E-state index contributed by atoms with van der Waals surface area (Å²) in [7, 11) is 0. The minimum absolute atomic E-state index is 0.513. The maximum absolute atomic E-state index is 4.76. The first-order chi connectivity index (χ1) is 18.3. The summed E-state index contributed by atoms with van der Waals surface area (Å²) in [6.45, 7) is 0. The molecule has 0 atom stereocenters. The fraction of sp³-hybridized carbons (Fsp3) is 0.0333. The Bertz CT molecular complexity index is 1680. The molecule has 0 radical (unpaired) electrons. The van der Waals surface area contributed by atoms with E-state index in [-0.39, 0.29) is 0 Å². The molecule has 0 saturated carbocycles. The summed E-state index contributed by atoms with van der Waals surface area (Å²) in [6.07, 6.45) is 5.84. The molecular formula is C30H19N7. The van der Waals surface area contributed by atoms with Gasteiger partial charge in [-0.2, -0.15) is 0 Å². The van der Waals surface area contributed by atoms with Crippen LogP contribution in [0.3, 0.4) is 0 Å². The van der Waals surface area contributed by atoms with Crippen LogP contribution in [0.25, 0.3) is 56.9 Å². The van der Waals surface area contributed by atoms with Crippen LogP contribution >= 0.6 is 0 Å². The monoisotopic (exact) mass is 477 g/mol. The molecule has 7 heteroatoms. The topological polar surface area (TPSA) is 90.2 Å². The predicted octanol–water partition coefficient (Wildman–Crippen LogP) is 5.69. The van der Waals surface area contributed by atoms with Crippen molar-refractivity contribution < 1.29 is 0 Å². The Labute approximate surface area is 213 Å². The van der Waals surface area contributed by atoms with Crippen LogP contribution in [0.4, 0.5) is 0 Å². The number of benzene rings is 3.